The highest BCUT2D eigenvalue weighted by Crippen LogP contribution is 2.52. The van der Waals surface area contributed by atoms with E-state index in [-0.39, 0.29) is 5.92 Å². The molecular formula is C18H25NO4. The number of aliphatic carboxylic acids is 1. The van der Waals surface area contributed by atoms with Crippen LogP contribution in [0.3, 0.4) is 0 Å². The summed E-state index contributed by atoms with van der Waals surface area (Å²) in [4.78, 5) is 13.4. The molecule has 0 amide bonds. The van der Waals surface area contributed by atoms with Gasteiger partial charge in [0, 0.05) is 30.8 Å². The van der Waals surface area contributed by atoms with Gasteiger partial charge in [-0.1, -0.05) is 6.07 Å². The van der Waals surface area contributed by atoms with Crippen molar-refractivity contribution in [1.82, 2.24) is 4.90 Å². The van der Waals surface area contributed by atoms with E-state index >= 15 is 0 Å². The largest absolute Gasteiger partial charge is 0.493 e. The van der Waals surface area contributed by atoms with E-state index in [0.717, 1.165) is 42.3 Å². The highest BCUT2D eigenvalue weighted by Gasteiger charge is 2.59. The summed E-state index contributed by atoms with van der Waals surface area (Å²) in [5, 5.41) is 9.11. The zero-order valence-electron chi connectivity index (χ0n) is 14.0. The van der Waals surface area contributed by atoms with Crippen molar-refractivity contribution in [1.29, 1.82) is 0 Å². The third-order valence-electron chi connectivity index (χ3n) is 4.97. The van der Waals surface area contributed by atoms with Crippen LogP contribution in [0.1, 0.15) is 25.0 Å². The molecule has 1 aliphatic carbocycles. The van der Waals surface area contributed by atoms with Gasteiger partial charge in [0.1, 0.15) is 11.5 Å². The van der Waals surface area contributed by atoms with Crippen LogP contribution in [0.25, 0.3) is 0 Å². The van der Waals surface area contributed by atoms with Crippen LogP contribution in [0.4, 0.5) is 0 Å². The van der Waals surface area contributed by atoms with Crippen LogP contribution in [-0.4, -0.2) is 42.3 Å². The second-order valence-corrected chi connectivity index (χ2v) is 6.43. The minimum absolute atomic E-state index is 0.111. The number of hydrogen-bond donors (Lipinski definition) is 1. The normalized spacial score (nSPS) is 26.0. The first kappa shape index (κ1) is 16.1. The molecule has 126 valence electrons. The van der Waals surface area contributed by atoms with E-state index in [0.29, 0.717) is 25.0 Å². The Morgan fingerprint density at radius 1 is 1.22 bits per heavy atom. The van der Waals surface area contributed by atoms with E-state index in [1.807, 2.05) is 26.8 Å². The molecule has 1 saturated carbocycles. The molecule has 2 aliphatic rings. The molecule has 5 heteroatoms. The fourth-order valence-electron chi connectivity index (χ4n) is 3.86. The van der Waals surface area contributed by atoms with E-state index in [1.54, 1.807) is 0 Å². The maximum atomic E-state index is 11.1. The molecule has 1 unspecified atom stereocenters. The molecule has 1 aliphatic heterocycles. The van der Waals surface area contributed by atoms with Crippen LogP contribution in [-0.2, 0) is 11.3 Å². The van der Waals surface area contributed by atoms with Gasteiger partial charge in [-0.25, -0.2) is 0 Å². The lowest BCUT2D eigenvalue weighted by molar-refractivity contribution is -0.139. The highest BCUT2D eigenvalue weighted by atomic mass is 16.5. The van der Waals surface area contributed by atoms with Crippen molar-refractivity contribution in [3.05, 3.63) is 23.3 Å². The molecule has 5 nitrogen and oxygen atoms in total. The molecule has 0 radical (unpaired) electrons. The smallest absolute Gasteiger partial charge is 0.307 e. The topological polar surface area (TPSA) is 59.0 Å². The molecule has 23 heavy (non-hydrogen) atoms. The second kappa shape index (κ2) is 6.40. The number of fused-ring (bicyclic) bond motifs is 1. The summed E-state index contributed by atoms with van der Waals surface area (Å²) in [7, 11) is 0. The lowest BCUT2D eigenvalue weighted by Crippen LogP contribution is -2.26. The Labute approximate surface area is 137 Å². The molecule has 1 N–H and O–H groups in total. The van der Waals surface area contributed by atoms with Gasteiger partial charge in [0.25, 0.3) is 0 Å². The second-order valence-electron chi connectivity index (χ2n) is 6.43. The van der Waals surface area contributed by atoms with Crippen molar-refractivity contribution < 1.29 is 19.4 Å². The van der Waals surface area contributed by atoms with E-state index in [1.165, 1.54) is 0 Å². The van der Waals surface area contributed by atoms with Gasteiger partial charge in [-0.2, -0.15) is 0 Å². The summed E-state index contributed by atoms with van der Waals surface area (Å²) in [6.07, 6.45) is 0. The molecule has 3 rings (SSSR count). The Morgan fingerprint density at radius 2 is 1.87 bits per heavy atom. The van der Waals surface area contributed by atoms with Gasteiger partial charge >= 0.3 is 5.97 Å². The van der Waals surface area contributed by atoms with Crippen LogP contribution >= 0.6 is 0 Å². The maximum absolute atomic E-state index is 11.1. The molecule has 0 spiro atoms. The minimum atomic E-state index is -0.633. The van der Waals surface area contributed by atoms with Crippen molar-refractivity contribution >= 4 is 5.97 Å². The molecule has 0 bridgehead atoms. The minimum Gasteiger partial charge on any atom is -0.493 e. The van der Waals surface area contributed by atoms with Crippen molar-refractivity contribution in [3.8, 4) is 11.5 Å². The average Bonchev–Trinajstić information content (AvgIpc) is 3.03. The molecule has 3 atom stereocenters. The zero-order valence-corrected chi connectivity index (χ0v) is 14.0. The van der Waals surface area contributed by atoms with Crippen molar-refractivity contribution in [2.24, 2.45) is 17.8 Å². The molecule has 1 aromatic carbocycles. The Balaban J connectivity index is 1.71. The number of carboxylic acid groups (broad SMARTS) is 1. The van der Waals surface area contributed by atoms with Gasteiger partial charge in [0.2, 0.25) is 0 Å². The van der Waals surface area contributed by atoms with Crippen LogP contribution in [0, 0.1) is 24.7 Å². The summed E-state index contributed by atoms with van der Waals surface area (Å²) in [6.45, 7) is 9.80. The number of piperidine rings is 1. The number of carbonyl (C=O) groups is 1. The zero-order chi connectivity index (χ0) is 16.6. The predicted octanol–water partition coefficient (Wildman–Crippen LogP) is 2.55. The lowest BCUT2D eigenvalue weighted by atomic mass is 10.1. The monoisotopic (exact) mass is 319 g/mol. The first-order chi connectivity index (χ1) is 11.1. The van der Waals surface area contributed by atoms with Gasteiger partial charge in [-0.05, 0) is 38.7 Å². The Hall–Kier alpha value is -1.75. The first-order valence-corrected chi connectivity index (χ1v) is 8.40. The Kier molecular flexibility index (Phi) is 4.48. The molecule has 0 aromatic heterocycles. The van der Waals surface area contributed by atoms with E-state index in [4.69, 9.17) is 14.6 Å². The first-order valence-electron chi connectivity index (χ1n) is 8.40. The van der Waals surface area contributed by atoms with Crippen LogP contribution in [0.5, 0.6) is 11.5 Å². The fraction of sp³-hybridized carbons (Fsp3) is 0.611. The third-order valence-corrected chi connectivity index (χ3v) is 4.97. The summed E-state index contributed by atoms with van der Waals surface area (Å²) in [6, 6.07) is 4.08. The Morgan fingerprint density at radius 3 is 2.43 bits per heavy atom. The van der Waals surface area contributed by atoms with Gasteiger partial charge in [-0.3, -0.25) is 9.69 Å². The molecular weight excluding hydrogens is 294 g/mol. The average molecular weight is 319 g/mol. The summed E-state index contributed by atoms with van der Waals surface area (Å²) < 4.78 is 11.5. The number of hydrogen-bond acceptors (Lipinski definition) is 4. The maximum Gasteiger partial charge on any atom is 0.307 e. The number of benzene rings is 1. The summed E-state index contributed by atoms with van der Waals surface area (Å²) in [5.41, 5.74) is 2.19. The van der Waals surface area contributed by atoms with E-state index in [2.05, 4.69) is 11.0 Å². The molecule has 1 heterocycles. The van der Waals surface area contributed by atoms with Crippen molar-refractivity contribution in [3.63, 3.8) is 0 Å². The fourth-order valence-corrected chi connectivity index (χ4v) is 3.86. The standard InChI is InChI=1S/C18H25NO4/c1-4-22-15-7-6-12(17(11(15)3)23-5-2)8-19-9-13-14(10-19)16(13)18(20)21/h6-7,13-14,16H,4-5,8-10H2,1-3H3,(H,20,21)/t13-,14+,16?. The van der Waals surface area contributed by atoms with Gasteiger partial charge < -0.3 is 14.6 Å². The van der Waals surface area contributed by atoms with Crippen LogP contribution in [0.15, 0.2) is 12.1 Å². The number of rotatable bonds is 7. The highest BCUT2D eigenvalue weighted by molar-refractivity contribution is 5.74. The van der Waals surface area contributed by atoms with Crippen molar-refractivity contribution in [2.45, 2.75) is 27.3 Å². The van der Waals surface area contributed by atoms with Crippen molar-refractivity contribution in [2.75, 3.05) is 26.3 Å². The van der Waals surface area contributed by atoms with Gasteiger partial charge in [0.05, 0.1) is 19.1 Å². The summed E-state index contributed by atoms with van der Waals surface area (Å²) >= 11 is 0. The number of nitrogens with zero attached hydrogens (tertiary/aromatic N) is 1. The number of ether oxygens (including phenoxy) is 2. The van der Waals surface area contributed by atoms with E-state index in [9.17, 15) is 4.79 Å². The number of likely N-dealkylation sites (tertiary alicyclic amines) is 1. The number of carboxylic acids is 1. The predicted molar refractivity (Wildman–Crippen MR) is 86.9 cm³/mol. The lowest BCUT2D eigenvalue weighted by Gasteiger charge is -2.22. The van der Waals surface area contributed by atoms with Crippen LogP contribution < -0.4 is 9.47 Å². The third kappa shape index (κ3) is 3.02. The molecule has 1 saturated heterocycles. The molecule has 1 aromatic rings. The van der Waals surface area contributed by atoms with Gasteiger partial charge in [0.15, 0.2) is 0 Å². The molecule has 2 fully saturated rings. The van der Waals surface area contributed by atoms with Gasteiger partial charge in [-0.15, -0.1) is 0 Å². The quantitative estimate of drug-likeness (QED) is 0.837. The van der Waals surface area contributed by atoms with E-state index < -0.39 is 5.97 Å². The summed E-state index contributed by atoms with van der Waals surface area (Å²) in [5.74, 6) is 1.72. The SMILES string of the molecule is CCOc1ccc(CN2C[C@@H]3C(C(=O)O)[C@@H]3C2)c(OCC)c1C. The van der Waals surface area contributed by atoms with Crippen LogP contribution in [0.2, 0.25) is 0 Å². The Bertz CT molecular complexity index is 589.